The van der Waals surface area contributed by atoms with Crippen LogP contribution in [-0.4, -0.2) is 42.1 Å². The Hall–Kier alpha value is -4.06. The molecule has 9 heteroatoms. The molecule has 3 aromatic rings. The van der Waals surface area contributed by atoms with E-state index in [4.69, 9.17) is 9.97 Å². The average molecular weight is 675 g/mol. The fraction of sp³-hybridized carbons (Fsp3) is 0.235. The predicted molar refractivity (Wildman–Crippen MR) is 169 cm³/mol. The fourth-order valence-corrected chi connectivity index (χ4v) is 5.77. The van der Waals surface area contributed by atoms with Crippen LogP contribution in [0.15, 0.2) is 43.5 Å². The van der Waals surface area contributed by atoms with Crippen molar-refractivity contribution in [3.05, 3.63) is 88.5 Å². The van der Waals surface area contributed by atoms with Crippen LogP contribution in [0, 0.1) is 13.8 Å². The van der Waals surface area contributed by atoms with E-state index in [2.05, 4.69) is 23.1 Å². The van der Waals surface area contributed by atoms with Gasteiger partial charge >= 0.3 is 11.9 Å². The Labute approximate surface area is 270 Å². The van der Waals surface area contributed by atoms with Crippen molar-refractivity contribution in [1.29, 1.82) is 0 Å². The van der Waals surface area contributed by atoms with E-state index in [1.54, 1.807) is 6.08 Å². The van der Waals surface area contributed by atoms with Crippen LogP contribution in [0.25, 0.3) is 50.4 Å². The zero-order chi connectivity index (χ0) is 30.3. The van der Waals surface area contributed by atoms with Gasteiger partial charge in [-0.2, -0.15) is 0 Å². The van der Waals surface area contributed by atoms with Crippen molar-refractivity contribution in [3.63, 3.8) is 0 Å². The van der Waals surface area contributed by atoms with Crippen LogP contribution >= 0.6 is 0 Å². The van der Waals surface area contributed by atoms with Crippen molar-refractivity contribution in [1.82, 2.24) is 19.9 Å². The van der Waals surface area contributed by atoms with Crippen LogP contribution in [0.1, 0.15) is 78.1 Å². The number of carbonyl (C=O) groups is 2. The molecule has 0 radical (unpaired) electrons. The molecule has 216 valence electrons. The number of rotatable bonds is 8. The summed E-state index contributed by atoms with van der Waals surface area (Å²) in [6.07, 6.45) is 4.22. The number of aromatic amines is 2. The van der Waals surface area contributed by atoms with E-state index in [9.17, 15) is 19.8 Å². The number of aryl methyl sites for hydroxylation is 3. The number of aliphatic carboxylic acids is 2. The van der Waals surface area contributed by atoms with Crippen molar-refractivity contribution >= 4 is 62.4 Å². The number of nitrogens with one attached hydrogen (secondary N) is 2. The van der Waals surface area contributed by atoms with Crippen molar-refractivity contribution in [2.75, 3.05) is 0 Å². The van der Waals surface area contributed by atoms with Gasteiger partial charge in [0.25, 0.3) is 0 Å². The SMILES string of the molecule is C=CC1=C(C)c2cc3[nH]c(cc4nc(cc5[nH]c(cc1n2)c(C)c5CCC(=O)O)C(CCC(=O)O)=C4C)c(C)c3C=C.[Cd]. The topological polar surface area (TPSA) is 132 Å². The van der Waals surface area contributed by atoms with Crippen molar-refractivity contribution in [3.8, 4) is 0 Å². The van der Waals surface area contributed by atoms with Crippen molar-refractivity contribution in [2.24, 2.45) is 0 Å². The third-order valence-electron chi connectivity index (χ3n) is 8.22. The Balaban J connectivity index is 0.00000423. The predicted octanol–water partition coefficient (Wildman–Crippen LogP) is 7.50. The van der Waals surface area contributed by atoms with Crippen LogP contribution in [0.5, 0.6) is 0 Å². The third kappa shape index (κ3) is 6.06. The molecule has 43 heavy (non-hydrogen) atoms. The van der Waals surface area contributed by atoms with E-state index in [0.29, 0.717) is 18.5 Å². The van der Waals surface area contributed by atoms with Crippen LogP contribution in [0.4, 0.5) is 0 Å². The molecule has 0 atom stereocenters. The Morgan fingerprint density at radius 3 is 1.91 bits per heavy atom. The van der Waals surface area contributed by atoms with Gasteiger partial charge in [0, 0.05) is 73.3 Å². The fourth-order valence-electron chi connectivity index (χ4n) is 5.77. The Morgan fingerprint density at radius 2 is 1.26 bits per heavy atom. The van der Waals surface area contributed by atoms with Gasteiger partial charge < -0.3 is 20.2 Å². The molecule has 2 aliphatic heterocycles. The summed E-state index contributed by atoms with van der Waals surface area (Å²) < 4.78 is 0. The summed E-state index contributed by atoms with van der Waals surface area (Å²) in [7, 11) is 0. The molecule has 3 aromatic heterocycles. The number of allylic oxidation sites excluding steroid dienone is 5. The number of carboxylic acid groups (broad SMARTS) is 2. The molecule has 5 rings (SSSR count). The summed E-state index contributed by atoms with van der Waals surface area (Å²) in [5.74, 6) is -1.76. The van der Waals surface area contributed by atoms with E-state index in [1.165, 1.54) is 0 Å². The summed E-state index contributed by atoms with van der Waals surface area (Å²) in [5, 5.41) is 18.9. The molecule has 0 saturated carbocycles. The number of nitrogens with zero attached hydrogens (tertiary/aromatic N) is 2. The number of carboxylic acids is 2. The maximum absolute atomic E-state index is 11.5. The van der Waals surface area contributed by atoms with E-state index < -0.39 is 11.9 Å². The summed E-state index contributed by atoms with van der Waals surface area (Å²) >= 11 is 0. The minimum Gasteiger partial charge on any atom is -0.481 e. The van der Waals surface area contributed by atoms with E-state index >= 15 is 0 Å². The monoisotopic (exact) mass is 676 g/mol. The minimum atomic E-state index is -0.883. The summed E-state index contributed by atoms with van der Waals surface area (Å²) in [4.78, 5) is 40.0. The van der Waals surface area contributed by atoms with Gasteiger partial charge in [0.05, 0.1) is 22.8 Å². The molecule has 0 spiro atoms. The first-order valence-electron chi connectivity index (χ1n) is 13.9. The molecule has 0 aliphatic carbocycles. The molecular weight excluding hydrogens is 641 g/mol. The zero-order valence-corrected chi connectivity index (χ0v) is 29.1. The normalized spacial score (nSPS) is 12.7. The molecule has 0 amide bonds. The minimum absolute atomic E-state index is 0. The van der Waals surface area contributed by atoms with Crippen LogP contribution in [0.3, 0.4) is 0 Å². The molecule has 5 heterocycles. The third-order valence-corrected chi connectivity index (χ3v) is 8.22. The van der Waals surface area contributed by atoms with Gasteiger partial charge in [-0.1, -0.05) is 25.3 Å². The number of hydrogen-bond donors (Lipinski definition) is 4. The number of H-pyrrole nitrogens is 2. The van der Waals surface area contributed by atoms with Gasteiger partial charge in [0.1, 0.15) is 0 Å². The standard InChI is InChI=1S/C34H34N4O4.Cd/c1-7-21-17(3)25-13-26-19(5)23(9-11-33(39)40)31(37-26)16-32-24(10-12-34(41)42)20(6)28(38-32)15-30-22(8-2)18(4)27(36-30)14-29(21)35-25;/h7-8,13-16,35,38H,1-2,9-12H2,3-6H3,(H,39,40)(H,41,42);. The van der Waals surface area contributed by atoms with Crippen molar-refractivity contribution < 1.29 is 47.1 Å². The Morgan fingerprint density at radius 1 is 0.721 bits per heavy atom. The van der Waals surface area contributed by atoms with E-state index in [1.807, 2.05) is 58.0 Å². The quantitative estimate of drug-likeness (QED) is 0.183. The first-order valence-corrected chi connectivity index (χ1v) is 13.9. The van der Waals surface area contributed by atoms with Crippen LogP contribution in [-0.2, 0) is 43.3 Å². The number of fused-ring (bicyclic) bond motifs is 8. The number of hydrogen-bond acceptors (Lipinski definition) is 4. The van der Waals surface area contributed by atoms with Gasteiger partial charge in [0.15, 0.2) is 0 Å². The van der Waals surface area contributed by atoms with E-state index in [-0.39, 0.29) is 40.1 Å². The molecule has 0 aromatic carbocycles. The maximum atomic E-state index is 11.5. The first kappa shape index (κ1) is 31.9. The zero-order valence-electron chi connectivity index (χ0n) is 25.0. The molecule has 8 bridgehead atoms. The van der Waals surface area contributed by atoms with Gasteiger partial charge in [0.2, 0.25) is 0 Å². The molecule has 0 saturated heterocycles. The average Bonchev–Trinajstić information content (AvgIpc) is 3.59. The molecule has 0 fully saturated rings. The molecule has 0 unspecified atom stereocenters. The smallest absolute Gasteiger partial charge is 0.303 e. The largest absolute Gasteiger partial charge is 0.481 e. The summed E-state index contributed by atoms with van der Waals surface area (Å²) in [6, 6.07) is 7.88. The molecule has 8 nitrogen and oxygen atoms in total. The number of aromatic nitrogens is 4. The van der Waals surface area contributed by atoms with E-state index in [0.717, 1.165) is 83.7 Å². The van der Waals surface area contributed by atoms with Gasteiger partial charge in [-0.15, -0.1) is 0 Å². The van der Waals surface area contributed by atoms with Crippen LogP contribution in [0.2, 0.25) is 0 Å². The Kier molecular flexibility index (Phi) is 9.39. The van der Waals surface area contributed by atoms with Gasteiger partial charge in [-0.25, -0.2) is 9.97 Å². The van der Waals surface area contributed by atoms with Gasteiger partial charge in [-0.05, 0) is 98.2 Å². The second-order valence-electron chi connectivity index (χ2n) is 10.7. The van der Waals surface area contributed by atoms with Gasteiger partial charge in [-0.3, -0.25) is 9.59 Å². The Bertz CT molecular complexity index is 1920. The molecule has 2 aliphatic rings. The second-order valence-corrected chi connectivity index (χ2v) is 10.7. The second kappa shape index (κ2) is 12.7. The summed E-state index contributed by atoms with van der Waals surface area (Å²) in [6.45, 7) is 16.0. The van der Waals surface area contributed by atoms with Crippen molar-refractivity contribution in [2.45, 2.75) is 53.4 Å². The summed E-state index contributed by atoms with van der Waals surface area (Å²) in [5.41, 5.74) is 13.7. The molecule has 4 N–H and O–H groups in total. The molecular formula is C34H34CdN4O4. The van der Waals surface area contributed by atoms with Crippen LogP contribution < -0.4 is 0 Å². The maximum Gasteiger partial charge on any atom is 0.303 e. The first-order chi connectivity index (χ1) is 20.0.